The van der Waals surface area contributed by atoms with Gasteiger partial charge in [-0.1, -0.05) is 24.4 Å². The van der Waals surface area contributed by atoms with E-state index >= 15 is 0 Å². The Morgan fingerprint density at radius 2 is 1.93 bits per heavy atom. The molecule has 5 rings (SSSR count). The van der Waals surface area contributed by atoms with E-state index in [-0.39, 0.29) is 22.2 Å². The van der Waals surface area contributed by atoms with E-state index < -0.39 is 12.0 Å². The van der Waals surface area contributed by atoms with Crippen molar-refractivity contribution in [2.75, 3.05) is 37.7 Å². The minimum absolute atomic E-state index is 0.117. The fraction of sp³-hybridized carbons (Fsp3) is 0.667. The summed E-state index contributed by atoms with van der Waals surface area (Å²) in [4.78, 5) is 17.3. The minimum Gasteiger partial charge on any atom is -0.461 e. The van der Waals surface area contributed by atoms with E-state index in [9.17, 15) is 8.78 Å². The molecule has 3 aliphatic rings. The maximum Gasteiger partial charge on any atom is 0.319 e. The van der Waals surface area contributed by atoms with E-state index in [1.807, 2.05) is 0 Å². The molecule has 0 saturated carbocycles. The second-order valence-electron chi connectivity index (χ2n) is 8.72. The van der Waals surface area contributed by atoms with E-state index in [1.165, 1.54) is 19.0 Å². The molecule has 0 aliphatic carbocycles. The molecule has 0 radical (unpaired) electrons. The average Bonchev–Trinajstić information content (AvgIpc) is 3.11. The molecule has 3 fully saturated rings. The summed E-state index contributed by atoms with van der Waals surface area (Å²) in [5, 5.41) is 0.321. The smallest absolute Gasteiger partial charge is 0.319 e. The summed E-state index contributed by atoms with van der Waals surface area (Å²) in [6, 6.07) is 0.117. The van der Waals surface area contributed by atoms with Crippen LogP contribution >= 0.6 is 11.6 Å². The highest BCUT2D eigenvalue weighted by atomic mass is 35.5. The van der Waals surface area contributed by atoms with E-state index in [0.717, 1.165) is 45.3 Å². The number of halogens is 3. The number of hydrogen-bond donors (Lipinski definition) is 0. The first-order chi connectivity index (χ1) is 14.6. The molecule has 5 heterocycles. The first-order valence-electron chi connectivity index (χ1n) is 10.8. The average molecular weight is 438 g/mol. The molecule has 0 unspecified atom stereocenters. The van der Waals surface area contributed by atoms with Gasteiger partial charge in [0.1, 0.15) is 24.1 Å². The standard InChI is InChI=1S/C21H26ClF2N5O/c22-18-16(24)17-15(11-25-18)19(28-7-3-1-2-4-8-28)27-20(26-17)30-13-21-6-5-9-29(21)12-14(23)10-21/h11,14H,1-10,12-13H2/t14-,21+/m1/s1. The molecule has 9 heteroatoms. The number of ether oxygens (including phenoxy) is 1. The number of nitrogens with zero attached hydrogens (tertiary/aromatic N) is 5. The van der Waals surface area contributed by atoms with Crippen molar-refractivity contribution in [2.45, 2.75) is 56.7 Å². The lowest BCUT2D eigenvalue weighted by molar-refractivity contribution is 0.107. The van der Waals surface area contributed by atoms with Gasteiger partial charge in [0.05, 0.1) is 10.9 Å². The van der Waals surface area contributed by atoms with Crippen molar-refractivity contribution in [1.82, 2.24) is 19.9 Å². The maximum atomic E-state index is 14.8. The molecule has 2 aromatic rings. The normalized spacial score (nSPS) is 27.4. The zero-order valence-electron chi connectivity index (χ0n) is 16.9. The third-order valence-electron chi connectivity index (χ3n) is 6.74. The molecule has 30 heavy (non-hydrogen) atoms. The lowest BCUT2D eigenvalue weighted by atomic mass is 9.95. The van der Waals surface area contributed by atoms with Crippen LogP contribution in [0.5, 0.6) is 6.01 Å². The van der Waals surface area contributed by atoms with Crippen molar-refractivity contribution in [3.8, 4) is 6.01 Å². The first kappa shape index (κ1) is 20.1. The summed E-state index contributed by atoms with van der Waals surface area (Å²) >= 11 is 5.92. The van der Waals surface area contributed by atoms with Crippen molar-refractivity contribution in [3.63, 3.8) is 0 Å². The van der Waals surface area contributed by atoms with Crippen LogP contribution in [0.2, 0.25) is 5.15 Å². The van der Waals surface area contributed by atoms with Gasteiger partial charge in [-0.2, -0.15) is 9.97 Å². The summed E-state index contributed by atoms with van der Waals surface area (Å²) in [6.07, 6.45) is 7.54. The summed E-state index contributed by atoms with van der Waals surface area (Å²) in [5.74, 6) is -0.0293. The minimum atomic E-state index is -0.832. The number of anilines is 1. The summed E-state index contributed by atoms with van der Waals surface area (Å²) < 4.78 is 34.9. The first-order valence-corrected chi connectivity index (χ1v) is 11.2. The quantitative estimate of drug-likeness (QED) is 0.670. The summed E-state index contributed by atoms with van der Waals surface area (Å²) in [5.41, 5.74) is -0.190. The zero-order valence-corrected chi connectivity index (χ0v) is 17.7. The maximum absolute atomic E-state index is 14.8. The fourth-order valence-corrected chi connectivity index (χ4v) is 5.37. The molecule has 3 saturated heterocycles. The van der Waals surface area contributed by atoms with Gasteiger partial charge in [0.2, 0.25) is 0 Å². The molecule has 0 spiro atoms. The Bertz CT molecular complexity index is 939. The van der Waals surface area contributed by atoms with Gasteiger partial charge in [-0.15, -0.1) is 0 Å². The molecule has 0 N–H and O–H groups in total. The van der Waals surface area contributed by atoms with Gasteiger partial charge in [0.25, 0.3) is 0 Å². The van der Waals surface area contributed by atoms with Crippen molar-refractivity contribution in [2.24, 2.45) is 0 Å². The molecular formula is C21H26ClF2N5O. The lowest BCUT2D eigenvalue weighted by Gasteiger charge is -2.31. The molecule has 2 aromatic heterocycles. The summed E-state index contributed by atoms with van der Waals surface area (Å²) in [6.45, 7) is 3.33. The molecule has 6 nitrogen and oxygen atoms in total. The topological polar surface area (TPSA) is 54.4 Å². The van der Waals surface area contributed by atoms with Crippen LogP contribution in [-0.2, 0) is 0 Å². The van der Waals surface area contributed by atoms with Crippen LogP contribution in [0.1, 0.15) is 44.9 Å². The lowest BCUT2D eigenvalue weighted by Crippen LogP contribution is -2.43. The Morgan fingerprint density at radius 3 is 2.73 bits per heavy atom. The van der Waals surface area contributed by atoms with Crippen molar-refractivity contribution >= 4 is 28.3 Å². The number of hydrogen-bond acceptors (Lipinski definition) is 6. The molecule has 0 bridgehead atoms. The molecule has 0 amide bonds. The van der Waals surface area contributed by atoms with Crippen LogP contribution < -0.4 is 9.64 Å². The van der Waals surface area contributed by atoms with E-state index in [2.05, 4.69) is 24.8 Å². The third-order valence-corrected chi connectivity index (χ3v) is 7.00. The third kappa shape index (κ3) is 3.58. The summed E-state index contributed by atoms with van der Waals surface area (Å²) in [7, 11) is 0. The van der Waals surface area contributed by atoms with E-state index in [0.29, 0.717) is 30.8 Å². The molecule has 0 aromatic carbocycles. The zero-order chi connectivity index (χ0) is 20.7. The highest BCUT2D eigenvalue weighted by Crippen LogP contribution is 2.40. The van der Waals surface area contributed by atoms with Crippen molar-refractivity contribution in [1.29, 1.82) is 0 Å². The number of pyridine rings is 1. The van der Waals surface area contributed by atoms with E-state index in [4.69, 9.17) is 16.3 Å². The van der Waals surface area contributed by atoms with Crippen molar-refractivity contribution < 1.29 is 13.5 Å². The van der Waals surface area contributed by atoms with Crippen LogP contribution in [0.3, 0.4) is 0 Å². The van der Waals surface area contributed by atoms with Gasteiger partial charge in [-0.3, -0.25) is 4.90 Å². The Morgan fingerprint density at radius 1 is 1.13 bits per heavy atom. The number of fused-ring (bicyclic) bond motifs is 2. The van der Waals surface area contributed by atoms with E-state index in [1.54, 1.807) is 0 Å². The van der Waals surface area contributed by atoms with Crippen LogP contribution in [0.25, 0.3) is 10.9 Å². The highest BCUT2D eigenvalue weighted by Gasteiger charge is 2.49. The Balaban J connectivity index is 1.49. The van der Waals surface area contributed by atoms with Gasteiger partial charge in [-0.05, 0) is 32.2 Å². The highest BCUT2D eigenvalue weighted by molar-refractivity contribution is 6.30. The monoisotopic (exact) mass is 437 g/mol. The number of alkyl halides is 1. The molecule has 162 valence electrons. The van der Waals surface area contributed by atoms with Gasteiger partial charge in [0.15, 0.2) is 11.0 Å². The molecular weight excluding hydrogens is 412 g/mol. The number of rotatable bonds is 4. The molecule has 3 aliphatic heterocycles. The predicted molar refractivity (Wildman–Crippen MR) is 112 cm³/mol. The van der Waals surface area contributed by atoms with Gasteiger partial charge >= 0.3 is 6.01 Å². The Labute approximate surface area is 179 Å². The van der Waals surface area contributed by atoms with Crippen LogP contribution in [0, 0.1) is 5.82 Å². The van der Waals surface area contributed by atoms with Gasteiger partial charge in [0, 0.05) is 32.3 Å². The SMILES string of the molecule is Fc1c(Cl)ncc2c(N3CCCCCC3)nc(OC[C@@]34CCCN3C[C@H](F)C4)nc12. The van der Waals surface area contributed by atoms with Gasteiger partial charge in [-0.25, -0.2) is 13.8 Å². The number of aromatic nitrogens is 3. The Hall–Kier alpha value is -1.80. The largest absolute Gasteiger partial charge is 0.461 e. The van der Waals surface area contributed by atoms with Crippen LogP contribution in [-0.4, -0.2) is 64.3 Å². The van der Waals surface area contributed by atoms with Crippen molar-refractivity contribution in [3.05, 3.63) is 17.2 Å². The Kier molecular flexibility index (Phi) is 5.39. The second kappa shape index (κ2) is 8.04. The fourth-order valence-electron chi connectivity index (χ4n) is 5.24. The molecule has 2 atom stereocenters. The predicted octanol–water partition coefficient (Wildman–Crippen LogP) is 4.15. The second-order valence-corrected chi connectivity index (χ2v) is 9.08. The van der Waals surface area contributed by atoms with Crippen LogP contribution in [0.4, 0.5) is 14.6 Å². The van der Waals surface area contributed by atoms with Crippen LogP contribution in [0.15, 0.2) is 6.20 Å². The van der Waals surface area contributed by atoms with Gasteiger partial charge < -0.3 is 9.64 Å².